The normalized spacial score (nSPS) is 10.9. The number of nitrogen functional groups attached to an aromatic ring is 1. The predicted octanol–water partition coefficient (Wildman–Crippen LogP) is 1.25. The number of benzene rings is 1. The minimum absolute atomic E-state index is 0.0160. The second-order valence-electron chi connectivity index (χ2n) is 5.91. The number of hydrogen-bond donors (Lipinski definition) is 3. The van der Waals surface area contributed by atoms with Crippen LogP contribution in [0.1, 0.15) is 23.7 Å². The average molecular weight is 463 g/mol. The highest BCUT2D eigenvalue weighted by molar-refractivity contribution is 14.1. The van der Waals surface area contributed by atoms with Crippen LogP contribution >= 0.6 is 22.6 Å². The predicted molar refractivity (Wildman–Crippen MR) is 112 cm³/mol. The summed E-state index contributed by atoms with van der Waals surface area (Å²) in [6.07, 6.45) is 1.39. The van der Waals surface area contributed by atoms with Gasteiger partial charge in [-0.05, 0) is 30.9 Å². The zero-order valence-electron chi connectivity index (χ0n) is 14.6. The molecule has 0 aliphatic carbocycles. The van der Waals surface area contributed by atoms with Crippen molar-refractivity contribution in [1.29, 1.82) is 0 Å². The molecule has 8 heteroatoms. The number of nitrogens with zero attached hydrogens (tertiary/aromatic N) is 3. The first-order valence-corrected chi connectivity index (χ1v) is 9.26. The molecule has 2 heterocycles. The van der Waals surface area contributed by atoms with Gasteiger partial charge in [0.1, 0.15) is 23.5 Å². The molecule has 0 bridgehead atoms. The molecule has 0 atom stereocenters. The number of aryl methyl sites for hydroxylation is 1. The first kappa shape index (κ1) is 18.3. The number of anilines is 2. The zero-order valence-corrected chi connectivity index (χ0v) is 16.7. The fourth-order valence-electron chi connectivity index (χ4n) is 3.06. The molecule has 5 N–H and O–H groups in total. The number of pyridine rings is 1. The molecule has 0 spiro atoms. The molecule has 3 rings (SSSR count). The standard InChI is InChI=1S/C18H19IN6O/c1-3-25-12(7-11-6-4-5-10(2)13(11)18(25)26)8-22-17-14(15(19)20)16(21)23-9-24-17/h4-7,9,20H,3,8H2,1-2H3,(H3,21,22,23,24)/p+1. The summed E-state index contributed by atoms with van der Waals surface area (Å²) in [6.45, 7) is 4.91. The summed E-state index contributed by atoms with van der Waals surface area (Å²) >= 11 is 1.99. The minimum atomic E-state index is 0.0160. The van der Waals surface area contributed by atoms with Gasteiger partial charge in [0.05, 0.1) is 11.9 Å². The summed E-state index contributed by atoms with van der Waals surface area (Å²) < 4.78 is 2.27. The lowest BCUT2D eigenvalue weighted by molar-refractivity contribution is -0.106. The van der Waals surface area contributed by atoms with Crippen LogP contribution in [0.3, 0.4) is 0 Å². The summed E-state index contributed by atoms with van der Waals surface area (Å²) in [5, 5.41) is 10.8. The van der Waals surface area contributed by atoms with E-state index < -0.39 is 0 Å². The lowest BCUT2D eigenvalue weighted by Gasteiger charge is -2.15. The highest BCUT2D eigenvalue weighted by Gasteiger charge is 2.17. The third-order valence-electron chi connectivity index (χ3n) is 4.30. The SMILES string of the molecule is CCn1c(CNc2ncnc(N)c2C(=[NH2+])I)cc2cccc(C)c2c1=O. The van der Waals surface area contributed by atoms with Gasteiger partial charge in [0.25, 0.3) is 5.56 Å². The second-order valence-corrected chi connectivity index (χ2v) is 7.07. The van der Waals surface area contributed by atoms with E-state index in [4.69, 9.17) is 11.1 Å². The molecular formula is C18H20IN6O+. The maximum Gasteiger partial charge on any atom is 0.258 e. The number of aromatic nitrogens is 3. The molecule has 1 aromatic carbocycles. The van der Waals surface area contributed by atoms with Crippen LogP contribution in [0.5, 0.6) is 0 Å². The largest absolute Gasteiger partial charge is 0.383 e. The molecule has 0 aliphatic heterocycles. The molecule has 3 aromatic rings. The van der Waals surface area contributed by atoms with Crippen molar-refractivity contribution in [1.82, 2.24) is 14.5 Å². The number of halogens is 1. The molecule has 7 nitrogen and oxygen atoms in total. The Morgan fingerprint density at radius 2 is 2.15 bits per heavy atom. The van der Waals surface area contributed by atoms with E-state index in [2.05, 4.69) is 15.3 Å². The fraction of sp³-hybridized carbons (Fsp3) is 0.222. The molecule has 0 aliphatic rings. The van der Waals surface area contributed by atoms with E-state index in [0.717, 1.165) is 22.0 Å². The van der Waals surface area contributed by atoms with E-state index in [-0.39, 0.29) is 5.56 Å². The van der Waals surface area contributed by atoms with Crippen molar-refractivity contribution < 1.29 is 5.41 Å². The van der Waals surface area contributed by atoms with Crippen molar-refractivity contribution >= 4 is 48.7 Å². The maximum atomic E-state index is 12.9. The molecular weight excluding hydrogens is 443 g/mol. The van der Waals surface area contributed by atoms with Crippen LogP contribution in [0.15, 0.2) is 35.4 Å². The molecule has 2 aromatic heterocycles. The summed E-state index contributed by atoms with van der Waals surface area (Å²) in [5.41, 5.74) is 8.35. The van der Waals surface area contributed by atoms with Crippen LogP contribution in [-0.2, 0) is 13.1 Å². The maximum absolute atomic E-state index is 12.9. The average Bonchev–Trinajstić information content (AvgIpc) is 2.59. The Kier molecular flexibility index (Phi) is 5.21. The van der Waals surface area contributed by atoms with Crippen molar-refractivity contribution in [2.24, 2.45) is 0 Å². The minimum Gasteiger partial charge on any atom is -0.383 e. The molecule has 0 amide bonds. The van der Waals surface area contributed by atoms with Gasteiger partial charge in [-0.1, -0.05) is 18.2 Å². The molecule has 0 saturated carbocycles. The first-order valence-electron chi connectivity index (χ1n) is 8.18. The smallest absolute Gasteiger partial charge is 0.258 e. The molecule has 0 saturated heterocycles. The number of nitrogens with two attached hydrogens (primary N) is 2. The van der Waals surface area contributed by atoms with E-state index >= 15 is 0 Å². The van der Waals surface area contributed by atoms with Crippen LogP contribution in [0.2, 0.25) is 0 Å². The quantitative estimate of drug-likeness (QED) is 0.390. The highest BCUT2D eigenvalue weighted by atomic mass is 127. The van der Waals surface area contributed by atoms with E-state index in [0.29, 0.717) is 34.0 Å². The summed E-state index contributed by atoms with van der Waals surface area (Å²) in [4.78, 5) is 21.1. The van der Waals surface area contributed by atoms with Crippen molar-refractivity contribution in [3.8, 4) is 0 Å². The Morgan fingerprint density at radius 1 is 1.38 bits per heavy atom. The monoisotopic (exact) mass is 463 g/mol. The van der Waals surface area contributed by atoms with Gasteiger partial charge in [0.15, 0.2) is 0 Å². The Bertz CT molecular complexity index is 1060. The second kappa shape index (κ2) is 7.40. The van der Waals surface area contributed by atoms with Gasteiger partial charge in [0, 0.05) is 34.8 Å². The van der Waals surface area contributed by atoms with Crippen molar-refractivity contribution in [3.05, 3.63) is 57.8 Å². The summed E-state index contributed by atoms with van der Waals surface area (Å²) in [5.74, 6) is 0.861. The molecule has 134 valence electrons. The zero-order chi connectivity index (χ0) is 18.8. The third kappa shape index (κ3) is 3.28. The van der Waals surface area contributed by atoms with Crippen LogP contribution in [0.4, 0.5) is 11.6 Å². The van der Waals surface area contributed by atoms with Crippen LogP contribution < -0.4 is 22.0 Å². The van der Waals surface area contributed by atoms with E-state index in [9.17, 15) is 4.79 Å². The van der Waals surface area contributed by atoms with Gasteiger partial charge in [-0.25, -0.2) is 15.4 Å². The van der Waals surface area contributed by atoms with Crippen LogP contribution in [0.25, 0.3) is 10.8 Å². The van der Waals surface area contributed by atoms with Gasteiger partial charge >= 0.3 is 0 Å². The topological polar surface area (TPSA) is 111 Å². The van der Waals surface area contributed by atoms with Gasteiger partial charge in [0.2, 0.25) is 3.72 Å². The van der Waals surface area contributed by atoms with Gasteiger partial charge in [-0.2, -0.15) is 0 Å². The number of hydrogen-bond acceptors (Lipinski definition) is 5. The number of nitrogens with one attached hydrogen (secondary N) is 1. The summed E-state index contributed by atoms with van der Waals surface area (Å²) in [6, 6.07) is 7.90. The number of rotatable bonds is 5. The van der Waals surface area contributed by atoms with Crippen LogP contribution in [0, 0.1) is 6.92 Å². The Labute approximate surface area is 164 Å². The Hall–Kier alpha value is -2.49. The number of fused-ring (bicyclic) bond motifs is 1. The highest BCUT2D eigenvalue weighted by Crippen LogP contribution is 2.21. The van der Waals surface area contributed by atoms with E-state index in [1.807, 2.05) is 60.7 Å². The fourth-order valence-corrected chi connectivity index (χ4v) is 3.59. The lowest BCUT2D eigenvalue weighted by atomic mass is 10.1. The third-order valence-corrected chi connectivity index (χ3v) is 4.84. The Morgan fingerprint density at radius 3 is 2.85 bits per heavy atom. The first-order chi connectivity index (χ1) is 12.4. The van der Waals surface area contributed by atoms with Crippen molar-refractivity contribution in [2.75, 3.05) is 11.1 Å². The van der Waals surface area contributed by atoms with Crippen LogP contribution in [-0.4, -0.2) is 18.3 Å². The summed E-state index contributed by atoms with van der Waals surface area (Å²) in [7, 11) is 0. The van der Waals surface area contributed by atoms with E-state index in [1.165, 1.54) is 6.33 Å². The molecule has 0 radical (unpaired) electrons. The van der Waals surface area contributed by atoms with Gasteiger partial charge in [-0.15, -0.1) is 0 Å². The molecule has 26 heavy (non-hydrogen) atoms. The van der Waals surface area contributed by atoms with Crippen molar-refractivity contribution in [3.63, 3.8) is 0 Å². The van der Waals surface area contributed by atoms with Gasteiger partial charge < -0.3 is 15.6 Å². The lowest BCUT2D eigenvalue weighted by Crippen LogP contribution is -2.37. The van der Waals surface area contributed by atoms with E-state index in [1.54, 1.807) is 4.57 Å². The van der Waals surface area contributed by atoms with Gasteiger partial charge in [-0.3, -0.25) is 4.79 Å². The Balaban J connectivity index is 2.04. The molecule has 0 fully saturated rings. The molecule has 0 unspecified atom stereocenters. The van der Waals surface area contributed by atoms with Crippen molar-refractivity contribution in [2.45, 2.75) is 26.9 Å².